The number of Topliss-reactive ketones (excluding diaryl/α,β-unsaturated/α-hetero) is 1. The van der Waals surface area contributed by atoms with E-state index in [2.05, 4.69) is 0 Å². The van der Waals surface area contributed by atoms with Gasteiger partial charge in [-0.15, -0.1) is 0 Å². The molecule has 1 fully saturated rings. The fourth-order valence-corrected chi connectivity index (χ4v) is 2.25. The van der Waals surface area contributed by atoms with E-state index in [1.807, 2.05) is 39.0 Å². The topological polar surface area (TPSA) is 35.5 Å². The van der Waals surface area contributed by atoms with Crippen molar-refractivity contribution >= 4 is 5.78 Å². The lowest BCUT2D eigenvalue weighted by Gasteiger charge is -2.21. The van der Waals surface area contributed by atoms with Gasteiger partial charge in [0, 0.05) is 12.2 Å². The Kier molecular flexibility index (Phi) is 3.71. The number of ether oxygens (including phenoxy) is 2. The second kappa shape index (κ2) is 5.11. The molecule has 1 aromatic rings. The molecule has 0 aliphatic carbocycles. The van der Waals surface area contributed by atoms with Gasteiger partial charge in [-0.25, -0.2) is 0 Å². The lowest BCUT2D eigenvalue weighted by Crippen LogP contribution is -2.34. The number of hydrogen-bond acceptors (Lipinski definition) is 3. The minimum atomic E-state index is -0.656. The summed E-state index contributed by atoms with van der Waals surface area (Å²) in [5.74, 6) is 0.784. The second-order valence-electron chi connectivity index (χ2n) is 5.21. The van der Waals surface area contributed by atoms with Gasteiger partial charge < -0.3 is 9.47 Å². The summed E-state index contributed by atoms with van der Waals surface area (Å²) in [6.45, 7) is 6.48. The quantitative estimate of drug-likeness (QED) is 0.767. The number of carbonyl (C=O) groups is 1. The van der Waals surface area contributed by atoms with Crippen molar-refractivity contribution in [2.45, 2.75) is 45.3 Å². The van der Waals surface area contributed by atoms with Crippen molar-refractivity contribution in [1.29, 1.82) is 0 Å². The minimum Gasteiger partial charge on any atom is -0.491 e. The Balaban J connectivity index is 2.20. The third kappa shape index (κ3) is 2.72. The fourth-order valence-electron chi connectivity index (χ4n) is 2.25. The Morgan fingerprint density at radius 2 is 2.22 bits per heavy atom. The standard InChI is InChI=1S/C15H20O3/c1-11(2)18-13-7-4-6-12(10-13)14(16)15(3)8-5-9-17-15/h4,6-7,10-11H,5,8-9H2,1-3H3. The van der Waals surface area contributed by atoms with Crippen molar-refractivity contribution < 1.29 is 14.3 Å². The monoisotopic (exact) mass is 248 g/mol. The molecular weight excluding hydrogens is 228 g/mol. The van der Waals surface area contributed by atoms with Crippen LogP contribution in [-0.2, 0) is 4.74 Å². The average molecular weight is 248 g/mol. The average Bonchev–Trinajstić information content (AvgIpc) is 2.76. The first-order chi connectivity index (χ1) is 8.51. The van der Waals surface area contributed by atoms with Gasteiger partial charge in [-0.3, -0.25) is 4.79 Å². The van der Waals surface area contributed by atoms with Crippen LogP contribution in [0, 0.1) is 0 Å². The van der Waals surface area contributed by atoms with Crippen molar-refractivity contribution in [1.82, 2.24) is 0 Å². The minimum absolute atomic E-state index is 0.0502. The van der Waals surface area contributed by atoms with Crippen molar-refractivity contribution in [3.8, 4) is 5.75 Å². The molecule has 3 nitrogen and oxygen atoms in total. The molecule has 98 valence electrons. The number of benzene rings is 1. The van der Waals surface area contributed by atoms with Crippen molar-refractivity contribution in [3.05, 3.63) is 29.8 Å². The molecule has 0 spiro atoms. The zero-order valence-electron chi connectivity index (χ0n) is 11.2. The van der Waals surface area contributed by atoms with E-state index in [9.17, 15) is 4.79 Å². The highest BCUT2D eigenvalue weighted by atomic mass is 16.5. The molecule has 1 aromatic carbocycles. The molecule has 1 aliphatic rings. The predicted molar refractivity (Wildman–Crippen MR) is 70.1 cm³/mol. The van der Waals surface area contributed by atoms with Gasteiger partial charge in [0.25, 0.3) is 0 Å². The highest BCUT2D eigenvalue weighted by Crippen LogP contribution is 2.30. The van der Waals surface area contributed by atoms with Gasteiger partial charge in [-0.2, -0.15) is 0 Å². The summed E-state index contributed by atoms with van der Waals surface area (Å²) < 4.78 is 11.2. The van der Waals surface area contributed by atoms with Crippen LogP contribution in [0.15, 0.2) is 24.3 Å². The zero-order chi connectivity index (χ0) is 13.2. The molecule has 1 atom stereocenters. The van der Waals surface area contributed by atoms with Gasteiger partial charge in [0.1, 0.15) is 11.4 Å². The van der Waals surface area contributed by atoms with Gasteiger partial charge in [0.2, 0.25) is 0 Å². The summed E-state index contributed by atoms with van der Waals surface area (Å²) in [6, 6.07) is 7.34. The number of ketones is 1. The van der Waals surface area contributed by atoms with E-state index >= 15 is 0 Å². The van der Waals surface area contributed by atoms with Gasteiger partial charge >= 0.3 is 0 Å². The summed E-state index contributed by atoms with van der Waals surface area (Å²) in [7, 11) is 0. The van der Waals surface area contributed by atoms with Gasteiger partial charge in [-0.05, 0) is 45.7 Å². The largest absolute Gasteiger partial charge is 0.491 e. The molecule has 0 N–H and O–H groups in total. The SMILES string of the molecule is CC(C)Oc1cccc(C(=O)C2(C)CCCO2)c1. The number of rotatable bonds is 4. The first-order valence-electron chi connectivity index (χ1n) is 6.47. The second-order valence-corrected chi connectivity index (χ2v) is 5.21. The van der Waals surface area contributed by atoms with Crippen LogP contribution in [0.4, 0.5) is 0 Å². The van der Waals surface area contributed by atoms with Crippen molar-refractivity contribution in [2.24, 2.45) is 0 Å². The summed E-state index contributed by atoms with van der Waals surface area (Å²) in [6.07, 6.45) is 1.85. The molecule has 0 saturated carbocycles. The zero-order valence-corrected chi connectivity index (χ0v) is 11.2. The van der Waals surface area contributed by atoms with Gasteiger partial charge in [-0.1, -0.05) is 12.1 Å². The Bertz CT molecular complexity index is 431. The van der Waals surface area contributed by atoms with Crippen LogP contribution in [0.25, 0.3) is 0 Å². The van der Waals surface area contributed by atoms with E-state index in [1.165, 1.54) is 0 Å². The predicted octanol–water partition coefficient (Wildman–Crippen LogP) is 3.23. The van der Waals surface area contributed by atoms with Gasteiger partial charge in [0.15, 0.2) is 5.78 Å². The number of carbonyl (C=O) groups excluding carboxylic acids is 1. The Morgan fingerprint density at radius 1 is 1.44 bits per heavy atom. The van der Waals surface area contributed by atoms with Gasteiger partial charge in [0.05, 0.1) is 6.10 Å². The summed E-state index contributed by atoms with van der Waals surface area (Å²) >= 11 is 0. The Hall–Kier alpha value is -1.35. The van der Waals surface area contributed by atoms with E-state index in [-0.39, 0.29) is 11.9 Å². The summed E-state index contributed by atoms with van der Waals surface area (Å²) in [4.78, 5) is 12.4. The van der Waals surface area contributed by atoms with Crippen LogP contribution in [0.3, 0.4) is 0 Å². The maximum Gasteiger partial charge on any atom is 0.194 e. The maximum atomic E-state index is 12.4. The lowest BCUT2D eigenvalue weighted by atomic mass is 9.92. The summed E-state index contributed by atoms with van der Waals surface area (Å²) in [5, 5.41) is 0. The van der Waals surface area contributed by atoms with Crippen LogP contribution >= 0.6 is 0 Å². The smallest absolute Gasteiger partial charge is 0.194 e. The molecule has 1 aliphatic heterocycles. The van der Waals surface area contributed by atoms with Crippen molar-refractivity contribution in [3.63, 3.8) is 0 Å². The number of hydrogen-bond donors (Lipinski definition) is 0. The van der Waals surface area contributed by atoms with Crippen LogP contribution in [0.5, 0.6) is 5.75 Å². The van der Waals surface area contributed by atoms with E-state index < -0.39 is 5.60 Å². The highest BCUT2D eigenvalue weighted by molar-refractivity contribution is 6.02. The molecule has 0 radical (unpaired) electrons. The molecule has 3 heteroatoms. The van der Waals surface area contributed by atoms with Crippen LogP contribution in [0.2, 0.25) is 0 Å². The highest BCUT2D eigenvalue weighted by Gasteiger charge is 2.38. The molecular formula is C15H20O3. The van der Waals surface area contributed by atoms with Crippen LogP contribution in [0.1, 0.15) is 44.0 Å². The van der Waals surface area contributed by atoms with E-state index in [0.29, 0.717) is 12.2 Å². The molecule has 0 bridgehead atoms. The first kappa shape index (κ1) is 13.1. The molecule has 1 saturated heterocycles. The Labute approximate surface area is 108 Å². The van der Waals surface area contributed by atoms with E-state index in [0.717, 1.165) is 18.6 Å². The molecule has 1 unspecified atom stereocenters. The third-order valence-corrected chi connectivity index (χ3v) is 3.17. The molecule has 0 amide bonds. The molecule has 0 aromatic heterocycles. The van der Waals surface area contributed by atoms with E-state index in [4.69, 9.17) is 9.47 Å². The normalized spacial score (nSPS) is 23.3. The fraction of sp³-hybridized carbons (Fsp3) is 0.533. The molecule has 18 heavy (non-hydrogen) atoms. The van der Waals surface area contributed by atoms with Crippen molar-refractivity contribution in [2.75, 3.05) is 6.61 Å². The Morgan fingerprint density at radius 3 is 2.83 bits per heavy atom. The third-order valence-electron chi connectivity index (χ3n) is 3.17. The first-order valence-corrected chi connectivity index (χ1v) is 6.47. The molecule has 1 heterocycles. The summed E-state index contributed by atoms with van der Waals surface area (Å²) in [5.41, 5.74) is 0.00810. The van der Waals surface area contributed by atoms with Crippen LogP contribution < -0.4 is 4.74 Å². The van der Waals surface area contributed by atoms with Crippen LogP contribution in [-0.4, -0.2) is 24.1 Å². The van der Waals surface area contributed by atoms with E-state index in [1.54, 1.807) is 6.07 Å². The maximum absolute atomic E-state index is 12.4. The molecule has 2 rings (SSSR count). The lowest BCUT2D eigenvalue weighted by molar-refractivity contribution is 0.0213.